The fourth-order valence-corrected chi connectivity index (χ4v) is 2.69. The highest BCUT2D eigenvalue weighted by Gasteiger charge is 2.26. The number of pyridine rings is 1. The third kappa shape index (κ3) is 3.10. The first-order valence-electron chi connectivity index (χ1n) is 7.88. The lowest BCUT2D eigenvalue weighted by Gasteiger charge is -2.24. The topological polar surface area (TPSA) is 88.0 Å². The van der Waals surface area contributed by atoms with E-state index in [1.54, 1.807) is 0 Å². The summed E-state index contributed by atoms with van der Waals surface area (Å²) in [6.07, 6.45) is 1.37. The van der Waals surface area contributed by atoms with Gasteiger partial charge in [0.05, 0.1) is 5.56 Å². The minimum Gasteiger partial charge on any atom is -0.478 e. The molecule has 0 saturated heterocycles. The van der Waals surface area contributed by atoms with Crippen LogP contribution in [0.25, 0.3) is 5.82 Å². The van der Waals surface area contributed by atoms with E-state index in [1.807, 2.05) is 45.0 Å². The maximum absolute atomic E-state index is 12.4. The Morgan fingerprint density at radius 3 is 2.48 bits per heavy atom. The normalized spacial score (nSPS) is 11.5. The van der Waals surface area contributed by atoms with Gasteiger partial charge < -0.3 is 5.11 Å². The van der Waals surface area contributed by atoms with Crippen LogP contribution in [0.1, 0.15) is 41.0 Å². The fraction of sp³-hybridized carbons (Fsp3) is 0.211. The third-order valence-corrected chi connectivity index (χ3v) is 4.39. The minimum atomic E-state index is -1.07. The van der Waals surface area contributed by atoms with E-state index in [-0.39, 0.29) is 16.9 Å². The van der Waals surface area contributed by atoms with Gasteiger partial charge in [-0.3, -0.25) is 9.89 Å². The summed E-state index contributed by atoms with van der Waals surface area (Å²) in [5.74, 6) is -0.820. The fourth-order valence-electron chi connectivity index (χ4n) is 2.69. The van der Waals surface area contributed by atoms with Gasteiger partial charge in [0.2, 0.25) is 0 Å². The first kappa shape index (κ1) is 16.7. The number of aromatic carboxylic acids is 1. The van der Waals surface area contributed by atoms with E-state index >= 15 is 0 Å². The zero-order chi connectivity index (χ0) is 18.2. The summed E-state index contributed by atoms with van der Waals surface area (Å²) in [6, 6.07) is 12.4. The summed E-state index contributed by atoms with van der Waals surface area (Å²) >= 11 is 0. The van der Waals surface area contributed by atoms with Crippen LogP contribution in [0.4, 0.5) is 0 Å². The molecule has 1 aromatic carbocycles. The number of rotatable bonds is 4. The predicted octanol–water partition coefficient (Wildman–Crippen LogP) is 2.89. The molecule has 2 aromatic heterocycles. The van der Waals surface area contributed by atoms with Gasteiger partial charge in [0.25, 0.3) is 5.56 Å². The van der Waals surface area contributed by atoms with Gasteiger partial charge in [0, 0.05) is 23.4 Å². The number of aromatic amines is 1. The molecular formula is C19H19N3O3. The molecule has 0 bridgehead atoms. The number of nitrogens with one attached hydrogen (secondary N) is 1. The van der Waals surface area contributed by atoms with E-state index in [0.717, 1.165) is 11.3 Å². The monoisotopic (exact) mass is 337 g/mol. The van der Waals surface area contributed by atoms with Gasteiger partial charge in [-0.05, 0) is 24.6 Å². The van der Waals surface area contributed by atoms with Crippen molar-refractivity contribution in [3.05, 3.63) is 81.4 Å². The van der Waals surface area contributed by atoms with E-state index in [9.17, 15) is 9.59 Å². The number of H-pyrrole nitrogens is 1. The van der Waals surface area contributed by atoms with Crippen LogP contribution >= 0.6 is 0 Å². The SMILES string of the molecule is Cc1ccc(C(C)(C)c2cc(=O)n(-c3cc(C(=O)O)ccn3)[nH]2)cc1. The summed E-state index contributed by atoms with van der Waals surface area (Å²) in [5.41, 5.74) is 2.33. The summed E-state index contributed by atoms with van der Waals surface area (Å²) in [7, 11) is 0. The standard InChI is InChI=1S/C19H19N3O3/c1-12-4-6-14(7-5-12)19(2,3)15-11-17(23)22(21-15)16-10-13(18(24)25)8-9-20-16/h4-11,21H,1-3H3,(H,24,25). The van der Waals surface area contributed by atoms with Crippen LogP contribution in [-0.2, 0) is 5.41 Å². The summed E-state index contributed by atoms with van der Waals surface area (Å²) in [5, 5.41) is 12.2. The molecule has 0 unspecified atom stereocenters. The lowest BCUT2D eigenvalue weighted by Crippen LogP contribution is -2.20. The largest absolute Gasteiger partial charge is 0.478 e. The van der Waals surface area contributed by atoms with Crippen LogP contribution in [0.15, 0.2) is 53.5 Å². The van der Waals surface area contributed by atoms with Gasteiger partial charge in [0.1, 0.15) is 0 Å². The molecule has 6 nitrogen and oxygen atoms in total. The molecule has 0 amide bonds. The number of carboxylic acid groups (broad SMARTS) is 1. The van der Waals surface area contributed by atoms with Gasteiger partial charge in [-0.1, -0.05) is 43.7 Å². The Bertz CT molecular complexity index is 982. The number of hydrogen-bond acceptors (Lipinski definition) is 3. The van der Waals surface area contributed by atoms with Crippen molar-refractivity contribution in [2.24, 2.45) is 0 Å². The molecule has 25 heavy (non-hydrogen) atoms. The average Bonchev–Trinajstić information content (AvgIpc) is 2.98. The van der Waals surface area contributed by atoms with E-state index in [1.165, 1.54) is 34.6 Å². The van der Waals surface area contributed by atoms with E-state index in [4.69, 9.17) is 5.11 Å². The molecule has 0 atom stereocenters. The number of aryl methyl sites for hydroxylation is 1. The molecule has 6 heteroatoms. The predicted molar refractivity (Wildman–Crippen MR) is 94.5 cm³/mol. The van der Waals surface area contributed by atoms with Crippen molar-refractivity contribution >= 4 is 5.97 Å². The van der Waals surface area contributed by atoms with Gasteiger partial charge >= 0.3 is 5.97 Å². The summed E-state index contributed by atoms with van der Waals surface area (Å²) in [4.78, 5) is 27.6. The quantitative estimate of drug-likeness (QED) is 0.766. The Kier molecular flexibility index (Phi) is 4.04. The van der Waals surface area contributed by atoms with E-state index in [2.05, 4.69) is 10.1 Å². The molecule has 3 aromatic rings. The zero-order valence-electron chi connectivity index (χ0n) is 14.3. The number of nitrogens with zero attached hydrogens (tertiary/aromatic N) is 2. The van der Waals surface area contributed by atoms with Crippen LogP contribution in [-0.4, -0.2) is 25.8 Å². The molecule has 0 aliphatic heterocycles. The Morgan fingerprint density at radius 2 is 1.84 bits per heavy atom. The van der Waals surface area contributed by atoms with Crippen LogP contribution in [0.2, 0.25) is 0 Å². The highest BCUT2D eigenvalue weighted by atomic mass is 16.4. The van der Waals surface area contributed by atoms with Crippen LogP contribution in [0.5, 0.6) is 0 Å². The molecule has 0 aliphatic rings. The molecule has 0 spiro atoms. The molecule has 0 aliphatic carbocycles. The van der Waals surface area contributed by atoms with Crippen LogP contribution in [0.3, 0.4) is 0 Å². The number of benzene rings is 1. The first-order valence-corrected chi connectivity index (χ1v) is 7.88. The lowest BCUT2D eigenvalue weighted by molar-refractivity contribution is 0.0696. The second-order valence-electron chi connectivity index (χ2n) is 6.54. The number of carboxylic acids is 1. The van der Waals surface area contributed by atoms with E-state index in [0.29, 0.717) is 0 Å². The molecule has 0 radical (unpaired) electrons. The smallest absolute Gasteiger partial charge is 0.335 e. The summed E-state index contributed by atoms with van der Waals surface area (Å²) in [6.45, 7) is 6.07. The minimum absolute atomic E-state index is 0.0749. The molecule has 128 valence electrons. The van der Waals surface area contributed by atoms with Gasteiger partial charge in [-0.15, -0.1) is 0 Å². The maximum atomic E-state index is 12.4. The molecule has 3 rings (SSSR count). The second kappa shape index (κ2) is 6.05. The van der Waals surface area contributed by atoms with Crippen molar-refractivity contribution < 1.29 is 9.90 Å². The molecule has 0 fully saturated rings. The van der Waals surface area contributed by atoms with Crippen molar-refractivity contribution in [3.63, 3.8) is 0 Å². The highest BCUT2D eigenvalue weighted by Crippen LogP contribution is 2.29. The third-order valence-electron chi connectivity index (χ3n) is 4.39. The Labute approximate surface area is 144 Å². The van der Waals surface area contributed by atoms with Gasteiger partial charge in [0.15, 0.2) is 5.82 Å². The summed E-state index contributed by atoms with van der Waals surface area (Å²) < 4.78 is 1.26. The number of carbonyl (C=O) groups is 1. The number of hydrogen-bond donors (Lipinski definition) is 2. The first-order chi connectivity index (χ1) is 11.8. The van der Waals surface area contributed by atoms with Crippen molar-refractivity contribution in [2.75, 3.05) is 0 Å². The Morgan fingerprint density at radius 1 is 1.16 bits per heavy atom. The zero-order valence-corrected chi connectivity index (χ0v) is 14.3. The highest BCUT2D eigenvalue weighted by molar-refractivity contribution is 5.87. The number of aromatic nitrogens is 3. The van der Waals surface area contributed by atoms with Gasteiger partial charge in [-0.2, -0.15) is 0 Å². The van der Waals surface area contributed by atoms with Crippen LogP contribution < -0.4 is 5.56 Å². The average molecular weight is 337 g/mol. The van der Waals surface area contributed by atoms with Gasteiger partial charge in [-0.25, -0.2) is 14.5 Å². The lowest BCUT2D eigenvalue weighted by atomic mass is 9.81. The second-order valence-corrected chi connectivity index (χ2v) is 6.54. The van der Waals surface area contributed by atoms with Crippen LogP contribution in [0, 0.1) is 6.92 Å². The van der Waals surface area contributed by atoms with Crippen molar-refractivity contribution in [2.45, 2.75) is 26.2 Å². The molecule has 2 N–H and O–H groups in total. The van der Waals surface area contributed by atoms with E-state index < -0.39 is 11.4 Å². The Balaban J connectivity index is 2.05. The van der Waals surface area contributed by atoms with Crippen molar-refractivity contribution in [1.82, 2.24) is 14.8 Å². The molecular weight excluding hydrogens is 318 g/mol. The maximum Gasteiger partial charge on any atom is 0.335 e. The van der Waals surface area contributed by atoms with Crippen molar-refractivity contribution in [1.29, 1.82) is 0 Å². The van der Waals surface area contributed by atoms with Crippen molar-refractivity contribution in [3.8, 4) is 5.82 Å². The Hall–Kier alpha value is -3.15. The molecule has 2 heterocycles. The molecule has 0 saturated carbocycles.